The van der Waals surface area contributed by atoms with E-state index in [0.717, 1.165) is 21.0 Å². The summed E-state index contributed by atoms with van der Waals surface area (Å²) in [5.41, 5.74) is 8.27. The fraction of sp³-hybridized carbons (Fsp3) is 0.154. The highest BCUT2D eigenvalue weighted by Gasteiger charge is 2.10. The molecular weight excluding hydrogens is 294 g/mol. The first kappa shape index (κ1) is 13.4. The summed E-state index contributed by atoms with van der Waals surface area (Å²) < 4.78 is 0. The minimum Gasteiger partial charge on any atom is -0.341 e. The Morgan fingerprint density at radius 2 is 2.15 bits per heavy atom. The van der Waals surface area contributed by atoms with Gasteiger partial charge in [-0.3, -0.25) is 0 Å². The third kappa shape index (κ3) is 2.49. The Morgan fingerprint density at radius 3 is 2.90 bits per heavy atom. The molecule has 3 N–H and O–H groups in total. The zero-order valence-corrected chi connectivity index (χ0v) is 12.2. The number of nitrogens with zero attached hydrogens (tertiary/aromatic N) is 3. The van der Waals surface area contributed by atoms with Crippen LogP contribution in [0.15, 0.2) is 40.8 Å². The molecule has 0 bridgehead atoms. The fourth-order valence-electron chi connectivity index (χ4n) is 1.87. The minimum absolute atomic E-state index is 0.0834. The van der Waals surface area contributed by atoms with E-state index in [1.54, 1.807) is 6.33 Å². The highest BCUT2D eigenvalue weighted by molar-refractivity contribution is 7.99. The summed E-state index contributed by atoms with van der Waals surface area (Å²) in [6.07, 6.45) is 3.11. The lowest BCUT2D eigenvalue weighted by molar-refractivity contribution is 0.817. The summed E-state index contributed by atoms with van der Waals surface area (Å²) in [5, 5.41) is 1.48. The van der Waals surface area contributed by atoms with Crippen LogP contribution in [0.1, 0.15) is 18.5 Å². The van der Waals surface area contributed by atoms with Crippen molar-refractivity contribution in [2.75, 3.05) is 0 Å². The Kier molecular flexibility index (Phi) is 3.60. The summed E-state index contributed by atoms with van der Waals surface area (Å²) in [7, 11) is 0. The molecule has 0 radical (unpaired) electrons. The van der Waals surface area contributed by atoms with Gasteiger partial charge in [0.2, 0.25) is 0 Å². The molecule has 5 nitrogen and oxygen atoms in total. The van der Waals surface area contributed by atoms with Crippen LogP contribution in [-0.2, 0) is 0 Å². The summed E-state index contributed by atoms with van der Waals surface area (Å²) in [4.78, 5) is 16.5. The molecule has 0 aliphatic carbocycles. The van der Waals surface area contributed by atoms with Gasteiger partial charge in [-0.15, -0.1) is 0 Å². The molecule has 1 aromatic carbocycles. The number of nitrogens with two attached hydrogens (primary N) is 1. The van der Waals surface area contributed by atoms with Crippen molar-refractivity contribution in [2.45, 2.75) is 22.9 Å². The third-order valence-corrected chi connectivity index (χ3v) is 4.19. The molecule has 0 saturated carbocycles. The van der Waals surface area contributed by atoms with Gasteiger partial charge in [0.05, 0.1) is 6.33 Å². The van der Waals surface area contributed by atoms with E-state index in [1.165, 1.54) is 18.1 Å². The van der Waals surface area contributed by atoms with Gasteiger partial charge in [0.15, 0.2) is 5.65 Å². The van der Waals surface area contributed by atoms with E-state index in [9.17, 15) is 0 Å². The van der Waals surface area contributed by atoms with Crippen LogP contribution in [0.4, 0.5) is 0 Å². The van der Waals surface area contributed by atoms with E-state index in [2.05, 4.69) is 19.9 Å². The third-order valence-electron chi connectivity index (χ3n) is 2.87. The zero-order chi connectivity index (χ0) is 14.1. The molecule has 1 atom stereocenters. The second-order valence-corrected chi connectivity index (χ2v) is 5.82. The van der Waals surface area contributed by atoms with E-state index in [1.807, 2.05) is 25.1 Å². The lowest BCUT2D eigenvalue weighted by Gasteiger charge is -2.09. The van der Waals surface area contributed by atoms with Gasteiger partial charge in [-0.05, 0) is 24.6 Å². The van der Waals surface area contributed by atoms with Gasteiger partial charge in [-0.25, -0.2) is 15.0 Å². The number of benzene rings is 1. The van der Waals surface area contributed by atoms with Crippen molar-refractivity contribution >= 4 is 34.5 Å². The number of hydrogen-bond donors (Lipinski definition) is 2. The molecule has 0 saturated heterocycles. The maximum Gasteiger partial charge on any atom is 0.181 e. The van der Waals surface area contributed by atoms with Gasteiger partial charge in [-0.2, -0.15) is 0 Å². The van der Waals surface area contributed by atoms with Crippen LogP contribution >= 0.6 is 23.4 Å². The Balaban J connectivity index is 1.95. The van der Waals surface area contributed by atoms with Crippen LogP contribution in [0.25, 0.3) is 11.2 Å². The molecular formula is C13H12ClN5S. The van der Waals surface area contributed by atoms with Gasteiger partial charge >= 0.3 is 0 Å². The molecule has 0 spiro atoms. The lowest BCUT2D eigenvalue weighted by atomic mass is 10.1. The van der Waals surface area contributed by atoms with Crippen LogP contribution in [0, 0.1) is 0 Å². The molecule has 2 aromatic heterocycles. The average molecular weight is 306 g/mol. The Hall–Kier alpha value is -1.63. The monoisotopic (exact) mass is 305 g/mol. The van der Waals surface area contributed by atoms with E-state index in [4.69, 9.17) is 17.3 Å². The quantitative estimate of drug-likeness (QED) is 0.726. The minimum atomic E-state index is -0.0834. The topological polar surface area (TPSA) is 80.5 Å². The number of halogens is 1. The first-order valence-electron chi connectivity index (χ1n) is 6.02. The molecule has 3 rings (SSSR count). The van der Waals surface area contributed by atoms with Crippen molar-refractivity contribution in [3.8, 4) is 0 Å². The molecule has 2 heterocycles. The molecule has 20 heavy (non-hydrogen) atoms. The van der Waals surface area contributed by atoms with E-state index in [0.29, 0.717) is 10.7 Å². The smallest absolute Gasteiger partial charge is 0.181 e. The highest BCUT2D eigenvalue weighted by atomic mass is 35.5. The molecule has 1 unspecified atom stereocenters. The maximum atomic E-state index is 6.24. The molecule has 7 heteroatoms. The van der Waals surface area contributed by atoms with Gasteiger partial charge < -0.3 is 10.7 Å². The van der Waals surface area contributed by atoms with Crippen LogP contribution in [0.2, 0.25) is 5.02 Å². The number of rotatable bonds is 3. The first-order valence-corrected chi connectivity index (χ1v) is 7.21. The van der Waals surface area contributed by atoms with Gasteiger partial charge in [0.25, 0.3) is 0 Å². The fourth-order valence-corrected chi connectivity index (χ4v) is 3.18. The lowest BCUT2D eigenvalue weighted by Crippen LogP contribution is -2.05. The van der Waals surface area contributed by atoms with Crippen molar-refractivity contribution < 1.29 is 0 Å². The van der Waals surface area contributed by atoms with Gasteiger partial charge in [0, 0.05) is 16.0 Å². The van der Waals surface area contributed by atoms with E-state index in [-0.39, 0.29) is 6.04 Å². The summed E-state index contributed by atoms with van der Waals surface area (Å²) >= 11 is 7.75. The number of aromatic amines is 1. The average Bonchev–Trinajstić information content (AvgIpc) is 2.87. The Labute approximate surface area is 125 Å². The van der Waals surface area contributed by atoms with Crippen molar-refractivity contribution in [3.05, 3.63) is 41.4 Å². The van der Waals surface area contributed by atoms with Crippen molar-refractivity contribution in [3.63, 3.8) is 0 Å². The molecule has 0 fully saturated rings. The van der Waals surface area contributed by atoms with Crippen LogP contribution in [0.5, 0.6) is 0 Å². The number of imidazole rings is 1. The summed E-state index contributed by atoms with van der Waals surface area (Å²) in [5.74, 6) is 0. The first-order chi connectivity index (χ1) is 9.65. The molecule has 0 amide bonds. The molecule has 3 aromatic rings. The van der Waals surface area contributed by atoms with Crippen LogP contribution in [-0.4, -0.2) is 19.9 Å². The van der Waals surface area contributed by atoms with Crippen molar-refractivity contribution in [1.82, 2.24) is 19.9 Å². The van der Waals surface area contributed by atoms with Crippen LogP contribution in [0.3, 0.4) is 0 Å². The van der Waals surface area contributed by atoms with E-state index >= 15 is 0 Å². The van der Waals surface area contributed by atoms with Crippen LogP contribution < -0.4 is 5.73 Å². The second kappa shape index (κ2) is 5.40. The SMILES string of the molecule is CC(N)c1ccc(Sc2ncnc3nc[nH]c23)cc1Cl. The molecule has 102 valence electrons. The summed E-state index contributed by atoms with van der Waals surface area (Å²) in [6, 6.07) is 5.75. The number of H-pyrrole nitrogens is 1. The largest absolute Gasteiger partial charge is 0.341 e. The highest BCUT2D eigenvalue weighted by Crippen LogP contribution is 2.33. The standard InChI is InChI=1S/C13H12ClN5S/c1-7(15)9-3-2-8(4-10(9)14)20-13-11-12(17-5-16-11)18-6-19-13/h2-7H,15H2,1H3,(H,16,17,18,19). The molecule has 0 aliphatic rings. The van der Waals surface area contributed by atoms with Crippen molar-refractivity contribution in [1.29, 1.82) is 0 Å². The Bertz CT molecular complexity index is 755. The zero-order valence-electron chi connectivity index (χ0n) is 10.7. The van der Waals surface area contributed by atoms with E-state index < -0.39 is 0 Å². The number of hydrogen-bond acceptors (Lipinski definition) is 5. The molecule has 0 aliphatic heterocycles. The predicted molar refractivity (Wildman–Crippen MR) is 79.9 cm³/mol. The van der Waals surface area contributed by atoms with Crippen molar-refractivity contribution in [2.24, 2.45) is 5.73 Å². The second-order valence-electron chi connectivity index (χ2n) is 4.35. The van der Waals surface area contributed by atoms with Gasteiger partial charge in [-0.1, -0.05) is 29.4 Å². The maximum absolute atomic E-state index is 6.24. The number of nitrogens with one attached hydrogen (secondary N) is 1. The normalized spacial score (nSPS) is 12.8. The Morgan fingerprint density at radius 1 is 1.30 bits per heavy atom. The van der Waals surface area contributed by atoms with Gasteiger partial charge in [0.1, 0.15) is 16.9 Å². The summed E-state index contributed by atoms with van der Waals surface area (Å²) in [6.45, 7) is 1.91. The predicted octanol–water partition coefficient (Wildman–Crippen LogP) is 3.18. The number of fused-ring (bicyclic) bond motifs is 1. The number of aromatic nitrogens is 4.